The highest BCUT2D eigenvalue weighted by molar-refractivity contribution is 4.97. The largest absolute Gasteiger partial charge is 0.377 e. The number of nitrogens with two attached hydrogens (primary N) is 1. The van der Waals surface area contributed by atoms with Crippen LogP contribution in [-0.2, 0) is 4.74 Å². The molecule has 0 aliphatic heterocycles. The second kappa shape index (κ2) is 4.84. The highest BCUT2D eigenvalue weighted by atomic mass is 16.5. The Balaban J connectivity index is 2.63. The van der Waals surface area contributed by atoms with E-state index in [9.17, 15) is 0 Å². The second-order valence-corrected chi connectivity index (χ2v) is 5.83. The van der Waals surface area contributed by atoms with Gasteiger partial charge < -0.3 is 10.5 Å². The van der Waals surface area contributed by atoms with Crippen LogP contribution in [0.3, 0.4) is 0 Å². The minimum Gasteiger partial charge on any atom is -0.377 e. The molecule has 0 amide bonds. The van der Waals surface area contributed by atoms with Gasteiger partial charge in [-0.2, -0.15) is 0 Å². The number of hydrogen-bond donors (Lipinski definition) is 1. The van der Waals surface area contributed by atoms with Crippen molar-refractivity contribution in [2.45, 2.75) is 70.9 Å². The Bertz CT molecular complexity index is 191. The van der Waals surface area contributed by atoms with Crippen LogP contribution in [0.4, 0.5) is 0 Å². The first-order chi connectivity index (χ1) is 6.96. The van der Waals surface area contributed by atoms with Gasteiger partial charge in [0.15, 0.2) is 0 Å². The van der Waals surface area contributed by atoms with Crippen molar-refractivity contribution in [3.63, 3.8) is 0 Å². The van der Waals surface area contributed by atoms with Crippen LogP contribution in [-0.4, -0.2) is 18.8 Å². The molecule has 0 aromatic heterocycles. The molecule has 0 aromatic carbocycles. The van der Waals surface area contributed by atoms with Gasteiger partial charge in [0.1, 0.15) is 0 Å². The first-order valence-corrected chi connectivity index (χ1v) is 6.26. The molecule has 15 heavy (non-hydrogen) atoms. The van der Waals surface area contributed by atoms with Gasteiger partial charge in [-0.15, -0.1) is 0 Å². The molecule has 0 heterocycles. The average Bonchev–Trinajstić information content (AvgIpc) is 2.19. The second-order valence-electron chi connectivity index (χ2n) is 5.83. The van der Waals surface area contributed by atoms with Crippen LogP contribution in [0.5, 0.6) is 0 Å². The molecule has 0 aromatic rings. The minimum absolute atomic E-state index is 0.0362. The van der Waals surface area contributed by atoms with Crippen LogP contribution in [0.2, 0.25) is 0 Å². The topological polar surface area (TPSA) is 35.2 Å². The summed E-state index contributed by atoms with van der Waals surface area (Å²) in [5.74, 6) is 0. The summed E-state index contributed by atoms with van der Waals surface area (Å²) >= 11 is 0. The summed E-state index contributed by atoms with van der Waals surface area (Å²) in [5, 5.41) is 0. The summed E-state index contributed by atoms with van der Waals surface area (Å²) in [7, 11) is 1.83. The molecule has 0 bridgehead atoms. The van der Waals surface area contributed by atoms with Crippen molar-refractivity contribution in [2.75, 3.05) is 7.11 Å². The fourth-order valence-electron chi connectivity index (χ4n) is 2.65. The molecule has 1 unspecified atom stereocenters. The van der Waals surface area contributed by atoms with E-state index in [0.717, 1.165) is 25.7 Å². The maximum Gasteiger partial charge on any atom is 0.0829 e. The number of methoxy groups -OCH3 is 1. The maximum absolute atomic E-state index is 6.27. The van der Waals surface area contributed by atoms with Gasteiger partial charge in [-0.3, -0.25) is 0 Å². The van der Waals surface area contributed by atoms with Crippen LogP contribution >= 0.6 is 0 Å². The van der Waals surface area contributed by atoms with E-state index >= 15 is 0 Å². The molecule has 0 saturated heterocycles. The molecule has 1 saturated carbocycles. The molecule has 1 fully saturated rings. The third kappa shape index (κ3) is 2.94. The normalized spacial score (nSPS) is 26.2. The molecule has 1 rings (SSSR count). The highest BCUT2D eigenvalue weighted by Gasteiger charge is 2.42. The Hall–Kier alpha value is -0.0800. The van der Waals surface area contributed by atoms with Crippen LogP contribution in [0.25, 0.3) is 0 Å². The first kappa shape index (κ1) is 13.0. The maximum atomic E-state index is 6.27. The summed E-state index contributed by atoms with van der Waals surface area (Å²) in [5.41, 5.74) is 6.71. The summed E-state index contributed by atoms with van der Waals surface area (Å²) < 4.78 is 5.76. The fraction of sp³-hybridized carbons (Fsp3) is 1.00. The molecular formula is C13H27NO. The van der Waals surface area contributed by atoms with Crippen molar-refractivity contribution in [1.29, 1.82) is 0 Å². The van der Waals surface area contributed by atoms with Gasteiger partial charge >= 0.3 is 0 Å². The third-order valence-corrected chi connectivity index (χ3v) is 4.13. The molecule has 2 N–H and O–H groups in total. The summed E-state index contributed by atoms with van der Waals surface area (Å²) in [6.07, 6.45) is 6.94. The van der Waals surface area contributed by atoms with E-state index in [2.05, 4.69) is 20.8 Å². The van der Waals surface area contributed by atoms with Gasteiger partial charge in [0.25, 0.3) is 0 Å². The van der Waals surface area contributed by atoms with E-state index in [1.54, 1.807) is 0 Å². The van der Waals surface area contributed by atoms with Crippen LogP contribution < -0.4 is 5.73 Å². The lowest BCUT2D eigenvalue weighted by Gasteiger charge is -2.46. The summed E-state index contributed by atoms with van der Waals surface area (Å²) in [4.78, 5) is 0. The molecule has 0 spiro atoms. The molecule has 1 aliphatic rings. The van der Waals surface area contributed by atoms with Crippen molar-refractivity contribution in [2.24, 2.45) is 11.1 Å². The molecular weight excluding hydrogens is 186 g/mol. The fourth-order valence-corrected chi connectivity index (χ4v) is 2.65. The predicted molar refractivity (Wildman–Crippen MR) is 64.9 cm³/mol. The number of hydrogen-bond acceptors (Lipinski definition) is 2. The van der Waals surface area contributed by atoms with Crippen molar-refractivity contribution < 1.29 is 4.74 Å². The number of rotatable bonds is 4. The Morgan fingerprint density at radius 2 is 1.73 bits per heavy atom. The Kier molecular flexibility index (Phi) is 4.19. The summed E-state index contributed by atoms with van der Waals surface area (Å²) in [6, 6.07) is 0.212. The molecule has 2 nitrogen and oxygen atoms in total. The Labute approximate surface area is 94.6 Å². The van der Waals surface area contributed by atoms with E-state index in [0.29, 0.717) is 5.41 Å². The van der Waals surface area contributed by atoms with Crippen LogP contribution in [0, 0.1) is 5.41 Å². The van der Waals surface area contributed by atoms with Crippen molar-refractivity contribution in [3.05, 3.63) is 0 Å². The average molecular weight is 213 g/mol. The number of ether oxygens (including phenoxy) is 1. The van der Waals surface area contributed by atoms with Gasteiger partial charge in [0, 0.05) is 13.2 Å². The van der Waals surface area contributed by atoms with Crippen molar-refractivity contribution in [3.8, 4) is 0 Å². The van der Waals surface area contributed by atoms with Gasteiger partial charge in [0.2, 0.25) is 0 Å². The smallest absolute Gasteiger partial charge is 0.0829 e. The standard InChI is InChI=1S/C13H27NO/c1-5-6-11(14)13(15-4)9-7-12(2,3)8-10-13/h11H,5-10,14H2,1-4H3. The Morgan fingerprint density at radius 1 is 1.20 bits per heavy atom. The molecule has 1 aliphatic carbocycles. The van der Waals surface area contributed by atoms with Gasteiger partial charge in [-0.25, -0.2) is 0 Å². The molecule has 2 heteroatoms. The zero-order chi connectivity index (χ0) is 11.5. The SMILES string of the molecule is CCCC(N)C1(OC)CCC(C)(C)CC1. The van der Waals surface area contributed by atoms with Crippen LogP contribution in [0.1, 0.15) is 59.3 Å². The highest BCUT2D eigenvalue weighted by Crippen LogP contribution is 2.43. The van der Waals surface area contributed by atoms with E-state index < -0.39 is 0 Å². The Morgan fingerprint density at radius 3 is 2.13 bits per heavy atom. The lowest BCUT2D eigenvalue weighted by molar-refractivity contribution is -0.0798. The monoisotopic (exact) mass is 213 g/mol. The van der Waals surface area contributed by atoms with Crippen molar-refractivity contribution >= 4 is 0 Å². The van der Waals surface area contributed by atoms with Crippen LogP contribution in [0.15, 0.2) is 0 Å². The van der Waals surface area contributed by atoms with Gasteiger partial charge in [-0.1, -0.05) is 27.2 Å². The third-order valence-electron chi connectivity index (χ3n) is 4.13. The van der Waals surface area contributed by atoms with E-state index in [-0.39, 0.29) is 11.6 Å². The van der Waals surface area contributed by atoms with E-state index in [4.69, 9.17) is 10.5 Å². The van der Waals surface area contributed by atoms with Crippen molar-refractivity contribution in [1.82, 2.24) is 0 Å². The van der Waals surface area contributed by atoms with Gasteiger partial charge in [0.05, 0.1) is 5.60 Å². The molecule has 0 radical (unpaired) electrons. The molecule has 90 valence electrons. The molecule has 1 atom stereocenters. The lowest BCUT2D eigenvalue weighted by atomic mass is 9.68. The first-order valence-electron chi connectivity index (χ1n) is 6.26. The zero-order valence-electron chi connectivity index (χ0n) is 10.8. The predicted octanol–water partition coefficient (Wildman–Crippen LogP) is 3.10. The quantitative estimate of drug-likeness (QED) is 0.779. The van der Waals surface area contributed by atoms with E-state index in [1.807, 2.05) is 7.11 Å². The van der Waals surface area contributed by atoms with Gasteiger partial charge in [-0.05, 0) is 37.5 Å². The lowest BCUT2D eigenvalue weighted by Crippen LogP contribution is -2.52. The summed E-state index contributed by atoms with van der Waals surface area (Å²) in [6.45, 7) is 6.88. The van der Waals surface area contributed by atoms with E-state index in [1.165, 1.54) is 12.8 Å². The zero-order valence-corrected chi connectivity index (χ0v) is 10.8. The minimum atomic E-state index is -0.0362.